The number of unbranched alkanes of at least 4 members (excludes halogenated alkanes) is 3. The molecule has 182 valence electrons. The first-order valence-electron chi connectivity index (χ1n) is 10.8. The first-order valence-corrected chi connectivity index (χ1v) is 10.8. The quantitative estimate of drug-likeness (QED) is 0.176. The van der Waals surface area contributed by atoms with Gasteiger partial charge in [-0.15, -0.1) is 0 Å². The van der Waals surface area contributed by atoms with Gasteiger partial charge in [-0.2, -0.15) is 0 Å². The lowest BCUT2D eigenvalue weighted by Gasteiger charge is -2.14. The lowest BCUT2D eigenvalue weighted by molar-refractivity contribution is -0.139. The molecule has 13 heteroatoms. The number of fused-ring (bicyclic) bond motifs is 1. The molecule has 0 bridgehead atoms. The smallest absolute Gasteiger partial charge is 0.407 e. The summed E-state index contributed by atoms with van der Waals surface area (Å²) in [5.41, 5.74) is 12.0. The molecule has 2 aromatic heterocycles. The van der Waals surface area contributed by atoms with Gasteiger partial charge in [0.2, 0.25) is 0 Å². The summed E-state index contributed by atoms with van der Waals surface area (Å²) in [7, 11) is 3.83. The highest BCUT2D eigenvalue weighted by atomic mass is 16.5. The molecule has 33 heavy (non-hydrogen) atoms. The van der Waals surface area contributed by atoms with Gasteiger partial charge in [0.15, 0.2) is 22.9 Å². The Hall–Kier alpha value is -3.64. The van der Waals surface area contributed by atoms with Crippen molar-refractivity contribution in [3.63, 3.8) is 0 Å². The van der Waals surface area contributed by atoms with Gasteiger partial charge in [0, 0.05) is 27.2 Å². The number of guanidine groups is 1. The molecule has 0 unspecified atom stereocenters. The molecule has 13 nitrogen and oxygen atoms in total. The zero-order valence-electron chi connectivity index (χ0n) is 19.1. The van der Waals surface area contributed by atoms with Crippen LogP contribution in [0.3, 0.4) is 0 Å². The van der Waals surface area contributed by atoms with Crippen LogP contribution in [0, 0.1) is 0 Å². The lowest BCUT2D eigenvalue weighted by Crippen LogP contribution is -2.41. The van der Waals surface area contributed by atoms with E-state index in [0.29, 0.717) is 19.4 Å². The number of nitrogens with two attached hydrogens (primary N) is 2. The van der Waals surface area contributed by atoms with Crippen LogP contribution in [0.15, 0.2) is 17.6 Å². The van der Waals surface area contributed by atoms with Crippen molar-refractivity contribution in [2.24, 2.45) is 16.5 Å². The Labute approximate surface area is 192 Å². The van der Waals surface area contributed by atoms with Gasteiger partial charge in [0.05, 0.1) is 12.9 Å². The van der Waals surface area contributed by atoms with E-state index in [1.807, 2.05) is 23.6 Å². The summed E-state index contributed by atoms with van der Waals surface area (Å²) in [6, 6.07) is -1.05. The Morgan fingerprint density at radius 1 is 1.18 bits per heavy atom. The van der Waals surface area contributed by atoms with Crippen LogP contribution in [0.1, 0.15) is 38.5 Å². The number of alkyl carbamates (subject to hydrolysis) is 1. The van der Waals surface area contributed by atoms with Crippen molar-refractivity contribution in [1.82, 2.24) is 24.8 Å². The number of hydrogen-bond acceptors (Lipinski definition) is 8. The topological polar surface area (TPSA) is 187 Å². The first-order chi connectivity index (χ1) is 15.8. The maximum atomic E-state index is 11.9. The van der Waals surface area contributed by atoms with Crippen LogP contribution in [0.4, 0.5) is 10.6 Å². The molecule has 2 aromatic rings. The van der Waals surface area contributed by atoms with Gasteiger partial charge < -0.3 is 36.1 Å². The molecule has 2 heterocycles. The van der Waals surface area contributed by atoms with E-state index in [4.69, 9.17) is 16.2 Å². The number of carbonyl (C=O) groups excluding carboxylic acids is 1. The molecule has 6 N–H and O–H groups in total. The van der Waals surface area contributed by atoms with E-state index in [0.717, 1.165) is 42.8 Å². The van der Waals surface area contributed by atoms with Crippen LogP contribution in [0.25, 0.3) is 11.2 Å². The maximum absolute atomic E-state index is 11.9. The number of ether oxygens (including phenoxy) is 1. The molecule has 0 radical (unpaired) electrons. The predicted molar refractivity (Wildman–Crippen MR) is 124 cm³/mol. The number of rotatable bonds is 14. The van der Waals surface area contributed by atoms with Crippen LogP contribution < -0.4 is 21.7 Å². The third kappa shape index (κ3) is 8.43. The van der Waals surface area contributed by atoms with Gasteiger partial charge in [-0.25, -0.2) is 24.5 Å². The second-order valence-corrected chi connectivity index (χ2v) is 7.74. The van der Waals surface area contributed by atoms with Crippen molar-refractivity contribution >= 4 is 35.0 Å². The van der Waals surface area contributed by atoms with Crippen LogP contribution in [-0.2, 0) is 16.1 Å². The normalized spacial score (nSPS) is 11.7. The molecule has 0 aliphatic heterocycles. The molecule has 2 rings (SSSR count). The number of imidazole rings is 1. The minimum absolute atomic E-state index is 0.0555. The minimum atomic E-state index is -1.13. The van der Waals surface area contributed by atoms with E-state index in [-0.39, 0.29) is 19.0 Å². The molecule has 0 fully saturated rings. The summed E-state index contributed by atoms with van der Waals surface area (Å²) in [6.07, 6.45) is 6.62. The number of nitrogens with zero attached hydrogens (tertiary/aromatic N) is 6. The zero-order valence-corrected chi connectivity index (χ0v) is 19.1. The second kappa shape index (κ2) is 13.0. The van der Waals surface area contributed by atoms with Gasteiger partial charge in [-0.1, -0.05) is 6.42 Å². The van der Waals surface area contributed by atoms with Gasteiger partial charge in [0.25, 0.3) is 0 Å². The summed E-state index contributed by atoms with van der Waals surface area (Å²) in [4.78, 5) is 41.8. The Bertz CT molecular complexity index is 941. The summed E-state index contributed by atoms with van der Waals surface area (Å²) < 4.78 is 7.10. The monoisotopic (exact) mass is 463 g/mol. The number of carbonyl (C=O) groups is 2. The van der Waals surface area contributed by atoms with Crippen LogP contribution in [-0.4, -0.2) is 75.9 Å². The molecular weight excluding hydrogens is 430 g/mol. The number of aliphatic imine (C=N–C) groups is 1. The molecule has 0 saturated carbocycles. The Morgan fingerprint density at radius 2 is 1.94 bits per heavy atom. The Kier molecular flexibility index (Phi) is 10.1. The highest BCUT2D eigenvalue weighted by Crippen LogP contribution is 2.19. The number of amides is 1. The third-order valence-electron chi connectivity index (χ3n) is 4.87. The fraction of sp³-hybridized carbons (Fsp3) is 0.600. The number of carboxylic acids is 1. The summed E-state index contributed by atoms with van der Waals surface area (Å²) >= 11 is 0. The number of aliphatic carboxylic acids is 1. The van der Waals surface area contributed by atoms with Gasteiger partial charge >= 0.3 is 12.1 Å². The molecule has 1 atom stereocenters. The first kappa shape index (κ1) is 25.6. The minimum Gasteiger partial charge on any atom is -0.480 e. The van der Waals surface area contributed by atoms with E-state index in [2.05, 4.69) is 25.3 Å². The fourth-order valence-corrected chi connectivity index (χ4v) is 3.21. The number of anilines is 1. The van der Waals surface area contributed by atoms with Crippen molar-refractivity contribution in [3.05, 3.63) is 12.7 Å². The van der Waals surface area contributed by atoms with E-state index in [1.165, 1.54) is 6.33 Å². The van der Waals surface area contributed by atoms with Gasteiger partial charge in [0.1, 0.15) is 12.4 Å². The maximum Gasteiger partial charge on any atom is 0.407 e. The summed E-state index contributed by atoms with van der Waals surface area (Å²) in [5, 5.41) is 11.6. The van der Waals surface area contributed by atoms with Gasteiger partial charge in [-0.05, 0) is 32.1 Å². The molecule has 1 amide bonds. The molecule has 0 aliphatic carbocycles. The highest BCUT2D eigenvalue weighted by molar-refractivity contribution is 5.83. The Balaban J connectivity index is 1.63. The molecular formula is C20H33N9O4. The lowest BCUT2D eigenvalue weighted by atomic mass is 10.1. The Morgan fingerprint density at radius 3 is 2.64 bits per heavy atom. The third-order valence-corrected chi connectivity index (χ3v) is 4.87. The van der Waals surface area contributed by atoms with Crippen molar-refractivity contribution in [2.45, 2.75) is 51.1 Å². The van der Waals surface area contributed by atoms with E-state index < -0.39 is 18.1 Å². The van der Waals surface area contributed by atoms with E-state index >= 15 is 0 Å². The zero-order chi connectivity index (χ0) is 24.2. The van der Waals surface area contributed by atoms with Crippen molar-refractivity contribution < 1.29 is 19.4 Å². The average molecular weight is 464 g/mol. The largest absolute Gasteiger partial charge is 0.480 e. The predicted octanol–water partition coefficient (Wildman–Crippen LogP) is 0.686. The fourth-order valence-electron chi connectivity index (χ4n) is 3.21. The molecule has 0 aliphatic rings. The summed E-state index contributed by atoms with van der Waals surface area (Å²) in [6.45, 7) is 1.29. The number of aromatic nitrogens is 4. The van der Waals surface area contributed by atoms with Crippen LogP contribution in [0.5, 0.6) is 0 Å². The van der Waals surface area contributed by atoms with E-state index in [1.54, 1.807) is 6.33 Å². The second-order valence-electron chi connectivity index (χ2n) is 7.74. The number of nitrogens with one attached hydrogen (secondary N) is 1. The molecule has 0 spiro atoms. The highest BCUT2D eigenvalue weighted by Gasteiger charge is 2.20. The van der Waals surface area contributed by atoms with Gasteiger partial charge in [-0.3, -0.25) is 4.99 Å². The standard InChI is InChI=1S/C20H33N9O4/c1-28(2)16-15-17(25-12-24-16)29(13-26-15)10-5-3-4-6-11-33-20(32)27-14(18(30)31)8-7-9-23-19(21)22/h12-14H,3-11H2,1-2H3,(H,27,32)(H,30,31)(H4,21,22,23)/t14-/m0/s1. The summed E-state index contributed by atoms with van der Waals surface area (Å²) in [5.74, 6) is -0.403. The average Bonchev–Trinajstić information content (AvgIpc) is 3.17. The SMILES string of the molecule is CN(C)c1ncnc2c1ncn2CCCCCCOC(=O)N[C@@H](CCCN=C(N)N)C(=O)O. The van der Waals surface area contributed by atoms with Crippen molar-refractivity contribution in [2.75, 3.05) is 32.1 Å². The van der Waals surface area contributed by atoms with Crippen molar-refractivity contribution in [3.8, 4) is 0 Å². The van der Waals surface area contributed by atoms with E-state index in [9.17, 15) is 14.7 Å². The van der Waals surface area contributed by atoms with Crippen LogP contribution >= 0.6 is 0 Å². The number of aryl methyl sites for hydroxylation is 1. The number of carboxylic acid groups (broad SMARTS) is 1. The number of hydrogen-bond donors (Lipinski definition) is 4. The molecule has 0 aromatic carbocycles. The van der Waals surface area contributed by atoms with Crippen LogP contribution in [0.2, 0.25) is 0 Å². The molecule has 0 saturated heterocycles. The van der Waals surface area contributed by atoms with Crippen molar-refractivity contribution in [1.29, 1.82) is 0 Å².